The Labute approximate surface area is 121 Å². The molecule has 0 bridgehead atoms. The smallest absolute Gasteiger partial charge is 0.286 e. The number of nitrogens with one attached hydrogen (secondary N) is 1. The van der Waals surface area contributed by atoms with Gasteiger partial charge < -0.3 is 15.1 Å². The van der Waals surface area contributed by atoms with Crippen LogP contribution in [0.15, 0.2) is 22.8 Å². The highest BCUT2D eigenvalue weighted by Crippen LogP contribution is 2.28. The maximum atomic E-state index is 11.8. The van der Waals surface area contributed by atoms with E-state index in [4.69, 9.17) is 4.42 Å². The number of carbonyl (C=O) groups excluding carboxylic acids is 1. The molecule has 4 nitrogen and oxygen atoms in total. The van der Waals surface area contributed by atoms with Gasteiger partial charge in [0.05, 0.1) is 17.3 Å². The Morgan fingerprint density at radius 1 is 1.35 bits per heavy atom. The molecule has 20 heavy (non-hydrogen) atoms. The monoisotopic (exact) mass is 279 g/mol. The average Bonchev–Trinajstić information content (AvgIpc) is 2.77. The molecule has 2 rings (SSSR count). The molecule has 1 aliphatic heterocycles. The summed E-state index contributed by atoms with van der Waals surface area (Å²) in [4.78, 5) is 11.8. The third kappa shape index (κ3) is 4.10. The first-order valence-corrected chi connectivity index (χ1v) is 7.46. The Bertz CT molecular complexity index is 433. The van der Waals surface area contributed by atoms with E-state index in [1.807, 2.05) is 0 Å². The van der Waals surface area contributed by atoms with Gasteiger partial charge in [0.15, 0.2) is 5.76 Å². The van der Waals surface area contributed by atoms with Gasteiger partial charge in [0, 0.05) is 19.4 Å². The quantitative estimate of drug-likeness (QED) is 0.885. The Hall–Kier alpha value is -1.29. The summed E-state index contributed by atoms with van der Waals surface area (Å²) >= 11 is 0. The van der Waals surface area contributed by atoms with Gasteiger partial charge in [-0.2, -0.15) is 0 Å². The van der Waals surface area contributed by atoms with E-state index in [9.17, 15) is 4.79 Å². The molecule has 2 heterocycles. The Morgan fingerprint density at radius 2 is 2.00 bits per heavy atom. The van der Waals surface area contributed by atoms with Gasteiger partial charge in [-0.15, -0.1) is 0 Å². The topological polar surface area (TPSA) is 58.9 Å². The predicted octanol–water partition coefficient (Wildman–Crippen LogP) is 1.93. The minimum absolute atomic E-state index is 0.115. The van der Waals surface area contributed by atoms with Crippen LogP contribution in [-0.2, 0) is 0 Å². The van der Waals surface area contributed by atoms with Gasteiger partial charge in [-0.1, -0.05) is 0 Å². The summed E-state index contributed by atoms with van der Waals surface area (Å²) in [6.07, 6.45) is 4.96. The number of amides is 1. The molecule has 1 amide bonds. The van der Waals surface area contributed by atoms with E-state index in [2.05, 4.69) is 38.3 Å². The van der Waals surface area contributed by atoms with E-state index < -0.39 is 0 Å². The van der Waals surface area contributed by atoms with Crippen LogP contribution in [0.3, 0.4) is 0 Å². The second kappa shape index (κ2) is 5.60. The first kappa shape index (κ1) is 15.1. The summed E-state index contributed by atoms with van der Waals surface area (Å²) in [5.74, 6) is 0.945. The van der Waals surface area contributed by atoms with Crippen LogP contribution < -0.4 is 10.6 Å². The molecule has 0 atom stereocenters. The number of piperidine rings is 1. The van der Waals surface area contributed by atoms with Gasteiger partial charge in [-0.25, -0.2) is 0 Å². The van der Waals surface area contributed by atoms with Gasteiger partial charge >= 0.3 is 0 Å². The fourth-order valence-electron chi connectivity index (χ4n) is 3.82. The van der Waals surface area contributed by atoms with E-state index in [0.29, 0.717) is 11.7 Å². The second-order valence-electron chi connectivity index (χ2n) is 7.42. The van der Waals surface area contributed by atoms with Crippen molar-refractivity contribution < 1.29 is 14.5 Å². The molecule has 0 saturated carbocycles. The number of furan rings is 1. The summed E-state index contributed by atoms with van der Waals surface area (Å²) in [6, 6.07) is 3.42. The summed E-state index contributed by atoms with van der Waals surface area (Å²) < 4.78 is 5.09. The molecule has 0 aliphatic carbocycles. The van der Waals surface area contributed by atoms with Crippen molar-refractivity contribution in [1.29, 1.82) is 0 Å². The molecule has 1 aromatic heterocycles. The highest BCUT2D eigenvalue weighted by atomic mass is 16.3. The van der Waals surface area contributed by atoms with Gasteiger partial charge in [0.1, 0.15) is 0 Å². The molecule has 1 saturated heterocycles. The summed E-state index contributed by atoms with van der Waals surface area (Å²) in [6.45, 7) is 9.95. The number of hydrogen-bond acceptors (Lipinski definition) is 2. The Balaban J connectivity index is 1.80. The SMILES string of the molecule is CC1(C)CC(CCNC(=O)c2ccco2)CC(C)(C)[NH2+]1. The lowest BCUT2D eigenvalue weighted by Crippen LogP contribution is -3.05. The fraction of sp³-hybridized carbons (Fsp3) is 0.688. The van der Waals surface area contributed by atoms with Crippen LogP contribution in [0.1, 0.15) is 57.5 Å². The zero-order chi connectivity index (χ0) is 14.8. The lowest BCUT2D eigenvalue weighted by molar-refractivity contribution is -0.789. The van der Waals surface area contributed by atoms with E-state index in [1.165, 1.54) is 19.1 Å². The number of carbonyl (C=O) groups is 1. The van der Waals surface area contributed by atoms with Crippen LogP contribution in [0.4, 0.5) is 0 Å². The molecule has 1 fully saturated rings. The van der Waals surface area contributed by atoms with Crippen molar-refractivity contribution in [2.24, 2.45) is 5.92 Å². The molecule has 112 valence electrons. The first-order valence-electron chi connectivity index (χ1n) is 7.46. The highest BCUT2D eigenvalue weighted by molar-refractivity contribution is 5.91. The van der Waals surface area contributed by atoms with Crippen LogP contribution in [0, 0.1) is 5.92 Å². The van der Waals surface area contributed by atoms with Crippen molar-refractivity contribution in [2.75, 3.05) is 6.54 Å². The summed E-state index contributed by atoms with van der Waals surface area (Å²) in [7, 11) is 0. The summed E-state index contributed by atoms with van der Waals surface area (Å²) in [5.41, 5.74) is 0.578. The van der Waals surface area contributed by atoms with Crippen molar-refractivity contribution >= 4 is 5.91 Å². The Kier molecular flexibility index (Phi) is 4.23. The molecule has 0 aromatic carbocycles. The van der Waals surface area contributed by atoms with E-state index in [1.54, 1.807) is 12.1 Å². The van der Waals surface area contributed by atoms with Crippen LogP contribution in [0.25, 0.3) is 0 Å². The lowest BCUT2D eigenvalue weighted by Gasteiger charge is -2.43. The predicted molar refractivity (Wildman–Crippen MR) is 78.5 cm³/mol. The molecule has 0 spiro atoms. The molecule has 1 aromatic rings. The first-order chi connectivity index (χ1) is 9.27. The molecule has 0 unspecified atom stereocenters. The maximum absolute atomic E-state index is 11.8. The average molecular weight is 279 g/mol. The lowest BCUT2D eigenvalue weighted by atomic mass is 9.75. The van der Waals surface area contributed by atoms with Gasteiger partial charge in [-0.3, -0.25) is 4.79 Å². The van der Waals surface area contributed by atoms with E-state index >= 15 is 0 Å². The van der Waals surface area contributed by atoms with Crippen molar-refractivity contribution in [3.05, 3.63) is 24.2 Å². The molecule has 0 radical (unpaired) electrons. The van der Waals surface area contributed by atoms with E-state index in [-0.39, 0.29) is 17.0 Å². The van der Waals surface area contributed by atoms with E-state index in [0.717, 1.165) is 13.0 Å². The van der Waals surface area contributed by atoms with Gasteiger partial charge in [-0.05, 0) is 52.2 Å². The van der Waals surface area contributed by atoms with Crippen LogP contribution in [0.5, 0.6) is 0 Å². The molecule has 4 heteroatoms. The normalized spacial score (nSPS) is 21.6. The van der Waals surface area contributed by atoms with Gasteiger partial charge in [0.25, 0.3) is 5.91 Å². The molecular weight excluding hydrogens is 252 g/mol. The fourth-order valence-corrected chi connectivity index (χ4v) is 3.82. The molecular formula is C16H27N2O2+. The van der Waals surface area contributed by atoms with Crippen molar-refractivity contribution in [1.82, 2.24) is 5.32 Å². The number of rotatable bonds is 4. The minimum Gasteiger partial charge on any atom is -0.459 e. The van der Waals surface area contributed by atoms with Crippen LogP contribution in [0.2, 0.25) is 0 Å². The number of quaternary nitrogens is 1. The third-order valence-corrected chi connectivity index (χ3v) is 3.99. The second-order valence-corrected chi connectivity index (χ2v) is 7.42. The largest absolute Gasteiger partial charge is 0.459 e. The van der Waals surface area contributed by atoms with Crippen molar-refractivity contribution in [2.45, 2.75) is 58.0 Å². The third-order valence-electron chi connectivity index (χ3n) is 3.99. The minimum atomic E-state index is -0.115. The van der Waals surface area contributed by atoms with Crippen molar-refractivity contribution in [3.63, 3.8) is 0 Å². The van der Waals surface area contributed by atoms with Gasteiger partial charge in [0.2, 0.25) is 0 Å². The zero-order valence-electron chi connectivity index (χ0n) is 13.0. The van der Waals surface area contributed by atoms with Crippen molar-refractivity contribution in [3.8, 4) is 0 Å². The maximum Gasteiger partial charge on any atom is 0.286 e. The number of nitrogens with two attached hydrogens (primary N) is 1. The standard InChI is InChI=1S/C16H26N2O2/c1-15(2)10-12(11-16(3,4)18-15)7-8-17-14(19)13-6-5-9-20-13/h5-6,9,12,18H,7-8,10-11H2,1-4H3,(H,17,19)/p+1. The molecule has 3 N–H and O–H groups in total. The zero-order valence-corrected chi connectivity index (χ0v) is 13.0. The summed E-state index contributed by atoms with van der Waals surface area (Å²) in [5, 5.41) is 5.43. The number of hydrogen-bond donors (Lipinski definition) is 2. The highest BCUT2D eigenvalue weighted by Gasteiger charge is 2.41. The molecule has 1 aliphatic rings. The van der Waals surface area contributed by atoms with Crippen LogP contribution in [-0.4, -0.2) is 23.5 Å². The Morgan fingerprint density at radius 3 is 2.55 bits per heavy atom. The van der Waals surface area contributed by atoms with Crippen LogP contribution >= 0.6 is 0 Å².